The van der Waals surface area contributed by atoms with Gasteiger partial charge in [0.25, 0.3) is 0 Å². The molecule has 9 heteroatoms. The monoisotopic (exact) mass is 450 g/mol. The lowest BCUT2D eigenvalue weighted by molar-refractivity contribution is -0.160. The predicted molar refractivity (Wildman–Crippen MR) is 110 cm³/mol. The van der Waals surface area contributed by atoms with Crippen LogP contribution in [0, 0.1) is 11.6 Å². The Morgan fingerprint density at radius 1 is 1.16 bits per heavy atom. The number of amides is 2. The molecule has 2 fully saturated rings. The Bertz CT molecular complexity index is 991. The van der Waals surface area contributed by atoms with E-state index in [2.05, 4.69) is 0 Å². The zero-order valence-electron chi connectivity index (χ0n) is 18.5. The van der Waals surface area contributed by atoms with Crippen LogP contribution in [0.1, 0.15) is 57.6 Å². The first-order valence-corrected chi connectivity index (χ1v) is 10.9. The second-order valence-corrected chi connectivity index (χ2v) is 9.96. The number of carbonyl (C=O) groups is 3. The van der Waals surface area contributed by atoms with Crippen LogP contribution in [-0.4, -0.2) is 63.7 Å². The fourth-order valence-electron chi connectivity index (χ4n) is 6.01. The van der Waals surface area contributed by atoms with Crippen LogP contribution in [0.15, 0.2) is 12.1 Å². The summed E-state index contributed by atoms with van der Waals surface area (Å²) in [7, 11) is 0. The number of halogens is 2. The van der Waals surface area contributed by atoms with E-state index in [9.17, 15) is 28.3 Å². The summed E-state index contributed by atoms with van der Waals surface area (Å²) in [6.07, 6.45) is 1.32. The molecular weight excluding hydrogens is 422 g/mol. The maximum atomic E-state index is 14.6. The van der Waals surface area contributed by atoms with E-state index in [0.29, 0.717) is 36.8 Å². The third-order valence-corrected chi connectivity index (χ3v) is 7.05. The number of ether oxygens (including phenoxy) is 1. The summed E-state index contributed by atoms with van der Waals surface area (Å²) in [4.78, 5) is 41.3. The highest BCUT2D eigenvalue weighted by atomic mass is 19.1. The molecule has 2 aliphatic carbocycles. The number of nitrogens with zero attached hydrogens (tertiary/aromatic N) is 2. The van der Waals surface area contributed by atoms with Gasteiger partial charge >= 0.3 is 12.1 Å². The molecule has 32 heavy (non-hydrogen) atoms. The van der Waals surface area contributed by atoms with Gasteiger partial charge in [-0.2, -0.15) is 0 Å². The summed E-state index contributed by atoms with van der Waals surface area (Å²) < 4.78 is 34.6. The van der Waals surface area contributed by atoms with Crippen molar-refractivity contribution in [1.82, 2.24) is 9.80 Å². The molecule has 174 valence electrons. The van der Waals surface area contributed by atoms with Gasteiger partial charge in [0.1, 0.15) is 29.3 Å². The van der Waals surface area contributed by atoms with Gasteiger partial charge in [-0.15, -0.1) is 0 Å². The zero-order valence-corrected chi connectivity index (χ0v) is 18.5. The number of hydrogen-bond acceptors (Lipinski definition) is 4. The Kier molecular flexibility index (Phi) is 5.21. The molecule has 4 rings (SSSR count). The van der Waals surface area contributed by atoms with Gasteiger partial charge in [-0.25, -0.2) is 13.6 Å². The Balaban J connectivity index is 1.89. The lowest BCUT2D eigenvalue weighted by Gasteiger charge is -2.54. The van der Waals surface area contributed by atoms with E-state index in [-0.39, 0.29) is 19.5 Å². The second-order valence-electron chi connectivity index (χ2n) is 9.96. The van der Waals surface area contributed by atoms with Crippen molar-refractivity contribution >= 4 is 18.0 Å². The average Bonchev–Trinajstić information content (AvgIpc) is 3.21. The van der Waals surface area contributed by atoms with Crippen molar-refractivity contribution in [3.05, 3.63) is 34.9 Å². The third kappa shape index (κ3) is 3.24. The molecule has 1 saturated carbocycles. The maximum Gasteiger partial charge on any atom is 0.411 e. The molecule has 1 aliphatic heterocycles. The van der Waals surface area contributed by atoms with Crippen LogP contribution in [0.3, 0.4) is 0 Å². The topological polar surface area (TPSA) is 87.2 Å². The van der Waals surface area contributed by atoms with E-state index < -0.39 is 52.7 Å². The van der Waals surface area contributed by atoms with E-state index in [1.165, 1.54) is 15.9 Å². The smallest absolute Gasteiger partial charge is 0.411 e. The van der Waals surface area contributed by atoms with Crippen molar-refractivity contribution in [2.24, 2.45) is 0 Å². The second kappa shape index (κ2) is 7.42. The minimum Gasteiger partial charge on any atom is -0.480 e. The van der Waals surface area contributed by atoms with E-state index in [1.54, 1.807) is 20.8 Å². The van der Waals surface area contributed by atoms with Crippen molar-refractivity contribution in [3.63, 3.8) is 0 Å². The van der Waals surface area contributed by atoms with E-state index in [1.807, 2.05) is 0 Å². The summed E-state index contributed by atoms with van der Waals surface area (Å²) in [6.45, 7) is 4.80. The van der Waals surface area contributed by atoms with Crippen LogP contribution in [0.5, 0.6) is 0 Å². The fraction of sp³-hybridized carbons (Fsp3) is 0.609. The number of carboxylic acid groups (broad SMARTS) is 1. The number of benzene rings is 1. The molecule has 2 spiro atoms. The standard InChI is InChI=1S/C23H28F2N2O5/c1-21(2,3)32-20(31)27-10-9-26(13-18(28)29)19(30)23(27)7-4-6-22(23)8-5-15-16(22)11-14(24)12-17(15)25/h11-12H,4-10,13H2,1-3H3,(H,28,29). The molecule has 1 N–H and O–H groups in total. The SMILES string of the molecule is CC(C)(C)OC(=O)N1CCN(CC(=O)O)C(=O)C12CCCC21CCc2c(F)cc(F)cc21. The van der Waals surface area contributed by atoms with Gasteiger partial charge in [-0.1, -0.05) is 0 Å². The summed E-state index contributed by atoms with van der Waals surface area (Å²) in [5.74, 6) is -3.05. The highest BCUT2D eigenvalue weighted by Gasteiger charge is 2.68. The molecule has 0 bridgehead atoms. The van der Waals surface area contributed by atoms with E-state index in [4.69, 9.17) is 4.74 Å². The zero-order chi connectivity index (χ0) is 23.5. The van der Waals surface area contributed by atoms with Crippen molar-refractivity contribution in [2.75, 3.05) is 19.6 Å². The number of rotatable bonds is 2. The Labute approximate surface area is 185 Å². The first-order chi connectivity index (χ1) is 14.9. The van der Waals surface area contributed by atoms with Crippen LogP contribution >= 0.6 is 0 Å². The molecule has 2 amide bonds. The molecule has 7 nitrogen and oxygen atoms in total. The van der Waals surface area contributed by atoms with Crippen LogP contribution in [-0.2, 0) is 26.2 Å². The van der Waals surface area contributed by atoms with E-state index >= 15 is 0 Å². The first-order valence-electron chi connectivity index (χ1n) is 10.9. The molecule has 1 saturated heterocycles. The van der Waals surface area contributed by atoms with E-state index in [0.717, 1.165) is 6.07 Å². The maximum absolute atomic E-state index is 14.6. The molecule has 2 unspecified atom stereocenters. The molecule has 0 aromatic heterocycles. The van der Waals surface area contributed by atoms with Crippen molar-refractivity contribution in [3.8, 4) is 0 Å². The number of carbonyl (C=O) groups excluding carboxylic acids is 2. The first kappa shape index (κ1) is 22.5. The normalized spacial score (nSPS) is 27.3. The van der Waals surface area contributed by atoms with Gasteiger partial charge in [0, 0.05) is 24.6 Å². The molecular formula is C23H28F2N2O5. The van der Waals surface area contributed by atoms with Gasteiger partial charge in [-0.05, 0) is 70.1 Å². The van der Waals surface area contributed by atoms with Crippen LogP contribution in [0.4, 0.5) is 13.6 Å². The highest BCUT2D eigenvalue weighted by molar-refractivity contribution is 5.95. The summed E-state index contributed by atoms with van der Waals surface area (Å²) in [5.41, 5.74) is -2.49. The third-order valence-electron chi connectivity index (χ3n) is 7.05. The molecule has 1 heterocycles. The fourth-order valence-corrected chi connectivity index (χ4v) is 6.01. The Morgan fingerprint density at radius 3 is 2.53 bits per heavy atom. The number of hydrogen-bond donors (Lipinski definition) is 1. The van der Waals surface area contributed by atoms with Gasteiger partial charge in [0.2, 0.25) is 5.91 Å². The lowest BCUT2D eigenvalue weighted by atomic mass is 9.65. The minimum atomic E-state index is -1.45. The largest absolute Gasteiger partial charge is 0.480 e. The highest BCUT2D eigenvalue weighted by Crippen LogP contribution is 2.60. The Hall–Kier alpha value is -2.71. The molecule has 2 atom stereocenters. The van der Waals surface area contributed by atoms with Crippen LogP contribution < -0.4 is 0 Å². The van der Waals surface area contributed by atoms with Gasteiger partial charge in [-0.3, -0.25) is 14.5 Å². The van der Waals surface area contributed by atoms with Crippen LogP contribution in [0.2, 0.25) is 0 Å². The van der Waals surface area contributed by atoms with Crippen molar-refractivity contribution in [2.45, 2.75) is 69.4 Å². The molecule has 1 aromatic rings. The van der Waals surface area contributed by atoms with Gasteiger partial charge in [0.15, 0.2) is 0 Å². The molecule has 1 aromatic carbocycles. The van der Waals surface area contributed by atoms with Gasteiger partial charge in [0.05, 0.1) is 0 Å². The lowest BCUT2D eigenvalue weighted by Crippen LogP contribution is -2.73. The van der Waals surface area contributed by atoms with Crippen molar-refractivity contribution in [1.29, 1.82) is 0 Å². The van der Waals surface area contributed by atoms with Crippen molar-refractivity contribution < 1.29 is 33.0 Å². The number of piperazine rings is 1. The Morgan fingerprint density at radius 2 is 1.88 bits per heavy atom. The minimum absolute atomic E-state index is 0.0482. The number of carboxylic acids is 1. The molecule has 0 radical (unpaired) electrons. The number of fused-ring (bicyclic) bond motifs is 3. The number of aliphatic carboxylic acids is 1. The van der Waals surface area contributed by atoms with Gasteiger partial charge < -0.3 is 14.7 Å². The van der Waals surface area contributed by atoms with Crippen LogP contribution in [0.25, 0.3) is 0 Å². The molecule has 3 aliphatic rings. The summed E-state index contributed by atoms with van der Waals surface area (Å²) >= 11 is 0. The summed E-state index contributed by atoms with van der Waals surface area (Å²) in [5, 5.41) is 9.33. The quantitative estimate of drug-likeness (QED) is 0.748. The average molecular weight is 450 g/mol. The summed E-state index contributed by atoms with van der Waals surface area (Å²) in [6, 6.07) is 2.11. The predicted octanol–water partition coefficient (Wildman–Crippen LogP) is 3.24.